The van der Waals surface area contributed by atoms with Gasteiger partial charge in [-0.1, -0.05) is 5.92 Å². The third-order valence-electron chi connectivity index (χ3n) is 3.64. The summed E-state index contributed by atoms with van der Waals surface area (Å²) in [5, 5.41) is 0. The quantitative estimate of drug-likeness (QED) is 0.117. The van der Waals surface area contributed by atoms with Crippen LogP contribution in [0, 0.1) is 23.9 Å². The van der Waals surface area contributed by atoms with Crippen LogP contribution in [0.15, 0.2) is 0 Å². The van der Waals surface area contributed by atoms with Gasteiger partial charge in [-0.25, -0.2) is 23.7 Å². The van der Waals surface area contributed by atoms with E-state index < -0.39 is 55.9 Å². The van der Waals surface area contributed by atoms with Crippen LogP contribution < -0.4 is 0 Å². The average Bonchev–Trinajstić information content (AvgIpc) is 2.77. The first-order valence-electron chi connectivity index (χ1n) is 9.97. The number of methoxy groups -OCH3 is 1. The highest BCUT2D eigenvalue weighted by molar-refractivity contribution is 7.53. The zero-order valence-corrected chi connectivity index (χ0v) is 21.0. The van der Waals surface area contributed by atoms with Crippen LogP contribution in [-0.2, 0) is 56.5 Å². The molecule has 0 aromatic carbocycles. The first-order valence-corrected chi connectivity index (χ1v) is 12.0. The van der Waals surface area contributed by atoms with E-state index in [0.717, 1.165) is 6.66 Å². The van der Waals surface area contributed by atoms with E-state index in [-0.39, 0.29) is 13.2 Å². The second-order valence-corrected chi connectivity index (χ2v) is 8.52. The number of rotatable bonds is 13. The van der Waals surface area contributed by atoms with Crippen LogP contribution in [0.5, 0.6) is 0 Å². The Labute approximate surface area is 198 Å². The average molecular weight is 504 g/mol. The normalized spacial score (nSPS) is 15.3. The van der Waals surface area contributed by atoms with Crippen molar-refractivity contribution in [1.82, 2.24) is 0 Å². The molecule has 190 valence electrons. The summed E-state index contributed by atoms with van der Waals surface area (Å²) in [5.74, 6) is 3.62. The van der Waals surface area contributed by atoms with Crippen LogP contribution in [-0.4, -0.2) is 75.3 Å². The van der Waals surface area contributed by atoms with Crippen molar-refractivity contribution in [3.63, 3.8) is 0 Å². The van der Waals surface area contributed by atoms with E-state index in [1.807, 2.05) is 0 Å². The molecule has 0 amide bonds. The van der Waals surface area contributed by atoms with Crippen molar-refractivity contribution in [2.24, 2.45) is 0 Å². The Morgan fingerprint density at radius 1 is 0.765 bits per heavy atom. The van der Waals surface area contributed by atoms with Crippen molar-refractivity contribution in [3.05, 3.63) is 0 Å². The molecule has 0 N–H and O–H groups in total. The van der Waals surface area contributed by atoms with Gasteiger partial charge in [-0.3, -0.25) is 4.52 Å². The Morgan fingerprint density at radius 3 is 1.68 bits per heavy atom. The summed E-state index contributed by atoms with van der Waals surface area (Å²) < 4.78 is 46.1. The minimum absolute atomic E-state index is 0.327. The lowest BCUT2D eigenvalue weighted by atomic mass is 10.4. The van der Waals surface area contributed by atoms with Crippen LogP contribution in [0.4, 0.5) is 0 Å². The Morgan fingerprint density at radius 2 is 1.24 bits per heavy atom. The molecule has 0 rings (SSSR count). The molecule has 5 atom stereocenters. The van der Waals surface area contributed by atoms with E-state index in [1.165, 1.54) is 34.8 Å². The molecule has 0 aromatic heterocycles. The van der Waals surface area contributed by atoms with E-state index in [2.05, 4.69) is 23.9 Å². The monoisotopic (exact) mass is 504 g/mol. The van der Waals surface area contributed by atoms with Crippen molar-refractivity contribution in [2.75, 3.05) is 27.0 Å². The predicted molar refractivity (Wildman–Crippen MR) is 116 cm³/mol. The fourth-order valence-electron chi connectivity index (χ4n) is 1.80. The molecule has 0 bridgehead atoms. The largest absolute Gasteiger partial charge is 0.459 e. The van der Waals surface area contributed by atoms with Gasteiger partial charge in [0.05, 0.1) is 6.66 Å². The number of carbonyl (C=O) groups is 4. The highest BCUT2D eigenvalue weighted by atomic mass is 31.2. The lowest BCUT2D eigenvalue weighted by Crippen LogP contribution is -2.33. The number of ether oxygens (including phenoxy) is 5. The van der Waals surface area contributed by atoms with Crippen molar-refractivity contribution >= 4 is 31.5 Å². The SMILES string of the molecule is CC#CC#CO[P@](C)(=O)O[C@@H](C)C(=O)O[C@@H](C)C(=O)OCCOC(=O)[C@@H](C)OC(=O)[C@@H](C)OC. The molecule has 0 saturated heterocycles. The molecule has 12 nitrogen and oxygen atoms in total. The van der Waals surface area contributed by atoms with Crippen molar-refractivity contribution < 1.29 is 56.5 Å². The molecule has 0 aromatic rings. The summed E-state index contributed by atoms with van der Waals surface area (Å²) in [6.07, 6.45) is -2.62. The maximum absolute atomic E-state index is 12.1. The molecule has 0 aliphatic rings. The van der Waals surface area contributed by atoms with Crippen molar-refractivity contribution in [3.8, 4) is 23.9 Å². The predicted octanol–water partition coefficient (Wildman–Crippen LogP) is 1.20. The van der Waals surface area contributed by atoms with Gasteiger partial charge in [0, 0.05) is 13.0 Å². The molecule has 34 heavy (non-hydrogen) atoms. The molecular formula is C21H29O12P. The zero-order chi connectivity index (χ0) is 26.3. The zero-order valence-electron chi connectivity index (χ0n) is 20.1. The lowest BCUT2D eigenvalue weighted by molar-refractivity contribution is -0.176. The Hall–Kier alpha value is -3.05. The van der Waals surface area contributed by atoms with Gasteiger partial charge in [-0.15, -0.1) is 0 Å². The smallest absolute Gasteiger partial charge is 0.385 e. The number of carbonyl (C=O) groups excluding carboxylic acids is 4. The molecule has 0 heterocycles. The first kappa shape index (κ1) is 30.9. The second kappa shape index (κ2) is 15.7. The minimum Gasteiger partial charge on any atom is -0.459 e. The topological polar surface area (TPSA) is 150 Å². The summed E-state index contributed by atoms with van der Waals surface area (Å²) in [5.41, 5.74) is 0. The molecule has 0 aliphatic heterocycles. The van der Waals surface area contributed by atoms with Crippen LogP contribution in [0.2, 0.25) is 0 Å². The Balaban J connectivity index is 4.40. The molecule has 13 heteroatoms. The molecule has 0 saturated carbocycles. The van der Waals surface area contributed by atoms with Gasteiger partial charge < -0.3 is 28.2 Å². The van der Waals surface area contributed by atoms with Crippen molar-refractivity contribution in [2.45, 2.75) is 59.0 Å². The number of esters is 4. The van der Waals surface area contributed by atoms with Crippen molar-refractivity contribution in [1.29, 1.82) is 0 Å². The van der Waals surface area contributed by atoms with E-state index in [0.29, 0.717) is 0 Å². The van der Waals surface area contributed by atoms with Gasteiger partial charge >= 0.3 is 31.5 Å². The molecule has 0 radical (unpaired) electrons. The lowest BCUT2D eigenvalue weighted by Gasteiger charge is -2.18. The third kappa shape index (κ3) is 12.9. The summed E-state index contributed by atoms with van der Waals surface area (Å²) >= 11 is 0. The standard InChI is InChI=1S/C21H29O12P/c1-8-9-10-11-30-34(7,26)33-17(5)21(25)32-16(4)19(23)29-13-12-28-18(22)15(3)31-20(24)14(2)27-6/h14-17H,12-13H2,1-7H3/t14-,15-,16+,17+,34+/m1/s1. The molecule has 0 aliphatic carbocycles. The summed E-state index contributed by atoms with van der Waals surface area (Å²) in [7, 11) is -2.40. The van der Waals surface area contributed by atoms with Crippen LogP contribution >= 0.6 is 7.60 Å². The number of hydrogen-bond donors (Lipinski definition) is 0. The van der Waals surface area contributed by atoms with E-state index in [1.54, 1.807) is 6.92 Å². The molecule has 0 fully saturated rings. The fourth-order valence-corrected chi connectivity index (χ4v) is 2.71. The first-order chi connectivity index (χ1) is 15.8. The Bertz CT molecular complexity index is 891. The summed E-state index contributed by atoms with van der Waals surface area (Å²) in [6, 6.07) is 0. The summed E-state index contributed by atoms with van der Waals surface area (Å²) in [4.78, 5) is 47.3. The van der Waals surface area contributed by atoms with Crippen LogP contribution in [0.1, 0.15) is 34.6 Å². The van der Waals surface area contributed by atoms with Crippen LogP contribution in [0.3, 0.4) is 0 Å². The highest BCUT2D eigenvalue weighted by Gasteiger charge is 2.29. The number of hydrogen-bond acceptors (Lipinski definition) is 12. The van der Waals surface area contributed by atoms with Gasteiger partial charge in [0.1, 0.15) is 19.3 Å². The minimum atomic E-state index is -3.71. The van der Waals surface area contributed by atoms with Gasteiger partial charge in [-0.05, 0) is 40.5 Å². The molecule has 0 spiro atoms. The molecular weight excluding hydrogens is 475 g/mol. The van der Waals surface area contributed by atoms with E-state index >= 15 is 0 Å². The maximum atomic E-state index is 12.1. The Kier molecular flexibility index (Phi) is 14.3. The van der Waals surface area contributed by atoms with Gasteiger partial charge in [0.25, 0.3) is 0 Å². The second-order valence-electron chi connectivity index (χ2n) is 6.58. The van der Waals surface area contributed by atoms with Crippen LogP contribution in [0.25, 0.3) is 0 Å². The van der Waals surface area contributed by atoms with Gasteiger partial charge in [0.15, 0.2) is 24.4 Å². The van der Waals surface area contributed by atoms with Gasteiger partial charge in [0.2, 0.25) is 0 Å². The molecule has 0 unspecified atom stereocenters. The third-order valence-corrected chi connectivity index (χ3v) is 4.76. The highest BCUT2D eigenvalue weighted by Crippen LogP contribution is 2.44. The fraction of sp³-hybridized carbons (Fsp3) is 0.619. The maximum Gasteiger partial charge on any atom is 0.385 e. The van der Waals surface area contributed by atoms with E-state index in [4.69, 9.17) is 32.7 Å². The van der Waals surface area contributed by atoms with E-state index in [9.17, 15) is 23.7 Å². The summed E-state index contributed by atoms with van der Waals surface area (Å²) in [6.45, 7) is 7.24. The van der Waals surface area contributed by atoms with Gasteiger partial charge in [-0.2, -0.15) is 0 Å².